The minimum Gasteiger partial charge on any atom is -0.325 e. The van der Waals surface area contributed by atoms with E-state index in [-0.39, 0.29) is 10.7 Å². The summed E-state index contributed by atoms with van der Waals surface area (Å²) in [5.41, 5.74) is 3.61. The molecule has 0 aliphatic carbocycles. The normalized spacial score (nSPS) is 25.9. The summed E-state index contributed by atoms with van der Waals surface area (Å²) < 4.78 is -0.245. The number of hydrogen-bond donors (Lipinski definition) is 2. The van der Waals surface area contributed by atoms with E-state index in [1.807, 2.05) is 12.1 Å². The van der Waals surface area contributed by atoms with E-state index in [1.54, 1.807) is 11.8 Å². The van der Waals surface area contributed by atoms with Gasteiger partial charge in [0.05, 0.1) is 4.75 Å². The first-order valence-corrected chi connectivity index (χ1v) is 7.94. The molecule has 3 rings (SSSR count). The highest BCUT2D eigenvalue weighted by Crippen LogP contribution is 2.39. The molecule has 3 nitrogen and oxygen atoms in total. The third kappa shape index (κ3) is 2.51. The summed E-state index contributed by atoms with van der Waals surface area (Å²) in [5, 5.41) is 6.53. The molecule has 2 heterocycles. The fourth-order valence-corrected chi connectivity index (χ4v) is 4.05. The van der Waals surface area contributed by atoms with E-state index in [0.29, 0.717) is 0 Å². The number of carbonyl (C=O) groups excluding carboxylic acids is 1. The Bertz CT molecular complexity index is 495. The van der Waals surface area contributed by atoms with Gasteiger partial charge in [-0.1, -0.05) is 12.1 Å². The lowest BCUT2D eigenvalue weighted by Gasteiger charge is -2.25. The average Bonchev–Trinajstić information content (AvgIpc) is 2.87. The third-order valence-corrected chi connectivity index (χ3v) is 5.61. The zero-order valence-electron chi connectivity index (χ0n) is 11.3. The van der Waals surface area contributed by atoms with Gasteiger partial charge < -0.3 is 10.6 Å². The molecular weight excluding hydrogens is 256 g/mol. The smallest absolute Gasteiger partial charge is 0.240 e. The van der Waals surface area contributed by atoms with Crippen molar-refractivity contribution in [1.29, 1.82) is 0 Å². The Morgan fingerprint density at radius 3 is 3.16 bits per heavy atom. The highest BCUT2D eigenvalue weighted by molar-refractivity contribution is 8.01. The van der Waals surface area contributed by atoms with E-state index >= 15 is 0 Å². The van der Waals surface area contributed by atoms with Gasteiger partial charge in [-0.15, -0.1) is 11.8 Å². The first-order valence-electron chi connectivity index (χ1n) is 6.96. The predicted octanol–water partition coefficient (Wildman–Crippen LogP) is 2.56. The summed E-state index contributed by atoms with van der Waals surface area (Å²) in [4.78, 5) is 12.5. The molecule has 1 saturated heterocycles. The van der Waals surface area contributed by atoms with Gasteiger partial charge in [-0.2, -0.15) is 0 Å². The summed E-state index contributed by atoms with van der Waals surface area (Å²) in [5.74, 6) is 1.26. The van der Waals surface area contributed by atoms with Gasteiger partial charge in [-0.3, -0.25) is 4.79 Å². The van der Waals surface area contributed by atoms with Gasteiger partial charge in [0.25, 0.3) is 0 Å². The van der Waals surface area contributed by atoms with Crippen molar-refractivity contribution in [3.8, 4) is 0 Å². The van der Waals surface area contributed by atoms with Crippen molar-refractivity contribution in [2.24, 2.45) is 0 Å². The zero-order valence-corrected chi connectivity index (χ0v) is 12.1. The minimum absolute atomic E-state index is 0.161. The van der Waals surface area contributed by atoms with Crippen LogP contribution in [0.1, 0.15) is 30.9 Å². The van der Waals surface area contributed by atoms with Crippen LogP contribution in [0.2, 0.25) is 0 Å². The number of thioether (sulfide) groups is 1. The number of carbonyl (C=O) groups is 1. The number of anilines is 1. The van der Waals surface area contributed by atoms with Crippen LogP contribution in [0.15, 0.2) is 18.2 Å². The third-order valence-electron chi connectivity index (χ3n) is 4.09. The second kappa shape index (κ2) is 5.17. The molecule has 0 spiro atoms. The number of amides is 1. The lowest BCUT2D eigenvalue weighted by molar-refractivity contribution is -0.118. The molecule has 1 aromatic rings. The lowest BCUT2D eigenvalue weighted by Crippen LogP contribution is -2.35. The van der Waals surface area contributed by atoms with Crippen LogP contribution < -0.4 is 10.6 Å². The molecule has 2 aliphatic heterocycles. The molecule has 19 heavy (non-hydrogen) atoms. The average molecular weight is 276 g/mol. The standard InChI is InChI=1S/C15H20N2OS/c1-15(7-3-9-19-15)14(18)17-13-5-2-4-11-6-8-16-10-12(11)13/h2,4-5,16H,3,6-10H2,1H3,(H,17,18). The van der Waals surface area contributed by atoms with Crippen LogP contribution in [0.5, 0.6) is 0 Å². The van der Waals surface area contributed by atoms with E-state index in [4.69, 9.17) is 0 Å². The minimum atomic E-state index is -0.245. The Morgan fingerprint density at radius 1 is 1.47 bits per heavy atom. The summed E-state index contributed by atoms with van der Waals surface area (Å²) in [6.07, 6.45) is 3.17. The van der Waals surface area contributed by atoms with Crippen LogP contribution >= 0.6 is 11.8 Å². The van der Waals surface area contributed by atoms with Crippen LogP contribution in [-0.2, 0) is 17.8 Å². The molecule has 102 valence electrons. The predicted molar refractivity (Wildman–Crippen MR) is 80.6 cm³/mol. The molecule has 0 saturated carbocycles. The van der Waals surface area contributed by atoms with E-state index in [9.17, 15) is 4.79 Å². The molecule has 2 aliphatic rings. The highest BCUT2D eigenvalue weighted by Gasteiger charge is 2.37. The number of rotatable bonds is 2. The van der Waals surface area contributed by atoms with E-state index in [1.165, 1.54) is 11.1 Å². The highest BCUT2D eigenvalue weighted by atomic mass is 32.2. The fraction of sp³-hybridized carbons (Fsp3) is 0.533. The molecule has 1 amide bonds. The first-order chi connectivity index (χ1) is 9.19. The maximum Gasteiger partial charge on any atom is 0.240 e. The summed E-state index contributed by atoms with van der Waals surface area (Å²) in [6.45, 7) is 3.95. The molecule has 1 fully saturated rings. The second-order valence-corrected chi connectivity index (χ2v) is 7.10. The van der Waals surface area contributed by atoms with Crippen molar-refractivity contribution >= 4 is 23.4 Å². The van der Waals surface area contributed by atoms with Gasteiger partial charge in [-0.05, 0) is 55.7 Å². The monoisotopic (exact) mass is 276 g/mol. The second-order valence-electron chi connectivity index (χ2n) is 5.51. The van der Waals surface area contributed by atoms with Gasteiger partial charge >= 0.3 is 0 Å². The Balaban J connectivity index is 1.82. The topological polar surface area (TPSA) is 41.1 Å². The molecule has 2 N–H and O–H groups in total. The first kappa shape index (κ1) is 13.0. The number of nitrogens with one attached hydrogen (secondary N) is 2. The maximum absolute atomic E-state index is 12.5. The zero-order chi connectivity index (χ0) is 13.3. The lowest BCUT2D eigenvalue weighted by atomic mass is 9.98. The number of hydrogen-bond acceptors (Lipinski definition) is 3. The fourth-order valence-electron chi connectivity index (χ4n) is 2.84. The van der Waals surface area contributed by atoms with Crippen LogP contribution in [0.25, 0.3) is 0 Å². The van der Waals surface area contributed by atoms with Crippen molar-refractivity contribution in [1.82, 2.24) is 5.32 Å². The summed E-state index contributed by atoms with van der Waals surface area (Å²) in [6, 6.07) is 6.23. The van der Waals surface area contributed by atoms with Gasteiger partial charge in [0.2, 0.25) is 5.91 Å². The van der Waals surface area contributed by atoms with Crippen LogP contribution in [0.3, 0.4) is 0 Å². The molecule has 0 bridgehead atoms. The maximum atomic E-state index is 12.5. The van der Waals surface area contributed by atoms with Gasteiger partial charge in [0, 0.05) is 12.2 Å². The number of benzene rings is 1. The van der Waals surface area contributed by atoms with Crippen molar-refractivity contribution in [3.05, 3.63) is 29.3 Å². The molecule has 1 unspecified atom stereocenters. The van der Waals surface area contributed by atoms with Crippen molar-refractivity contribution < 1.29 is 4.79 Å². The summed E-state index contributed by atoms with van der Waals surface area (Å²) >= 11 is 1.78. The van der Waals surface area contributed by atoms with Crippen molar-refractivity contribution in [2.75, 3.05) is 17.6 Å². The summed E-state index contributed by atoms with van der Waals surface area (Å²) in [7, 11) is 0. The largest absolute Gasteiger partial charge is 0.325 e. The van der Waals surface area contributed by atoms with Crippen molar-refractivity contribution in [3.63, 3.8) is 0 Å². The van der Waals surface area contributed by atoms with Gasteiger partial charge in [0.1, 0.15) is 0 Å². The quantitative estimate of drug-likeness (QED) is 0.872. The van der Waals surface area contributed by atoms with Gasteiger partial charge in [0.15, 0.2) is 0 Å². The Hall–Kier alpha value is -1.00. The Kier molecular flexibility index (Phi) is 3.54. The van der Waals surface area contributed by atoms with E-state index in [2.05, 4.69) is 23.6 Å². The SMILES string of the molecule is CC1(C(=O)Nc2cccc3c2CNCC3)CCCS1. The molecule has 1 atom stereocenters. The van der Waals surface area contributed by atoms with Crippen LogP contribution in [0.4, 0.5) is 5.69 Å². The molecule has 4 heteroatoms. The van der Waals surface area contributed by atoms with Gasteiger partial charge in [-0.25, -0.2) is 0 Å². The molecule has 0 radical (unpaired) electrons. The van der Waals surface area contributed by atoms with Crippen molar-refractivity contribution in [2.45, 2.75) is 37.5 Å². The van der Waals surface area contributed by atoms with Crippen LogP contribution in [-0.4, -0.2) is 23.0 Å². The van der Waals surface area contributed by atoms with E-state index < -0.39 is 0 Å². The Labute approximate surface area is 118 Å². The number of fused-ring (bicyclic) bond motifs is 1. The molecular formula is C15H20N2OS. The van der Waals surface area contributed by atoms with E-state index in [0.717, 1.165) is 43.8 Å². The molecule has 0 aromatic heterocycles. The Morgan fingerprint density at radius 2 is 2.37 bits per heavy atom. The molecule has 1 aromatic carbocycles. The van der Waals surface area contributed by atoms with Crippen LogP contribution in [0, 0.1) is 0 Å².